The van der Waals surface area contributed by atoms with Crippen molar-refractivity contribution < 1.29 is 25.2 Å². The van der Waals surface area contributed by atoms with Crippen molar-refractivity contribution in [2.75, 3.05) is 0 Å². The first kappa shape index (κ1) is 38.4. The van der Waals surface area contributed by atoms with Gasteiger partial charge in [0.1, 0.15) is 47.7 Å². The molecule has 0 atom stereocenters. The van der Waals surface area contributed by atoms with E-state index in [1.54, 1.807) is 12.1 Å². The Labute approximate surface area is 314 Å². The first-order valence-electron chi connectivity index (χ1n) is 16.4. The summed E-state index contributed by atoms with van der Waals surface area (Å²) in [6.07, 6.45) is 0. The molecule has 0 fully saturated rings. The molecule has 0 heterocycles. The monoisotopic (exact) mass is 778 g/mol. The summed E-state index contributed by atoms with van der Waals surface area (Å²) in [5, 5.41) is 8.71. The average Bonchev–Trinajstić information content (AvgIpc) is 3.15. The van der Waals surface area contributed by atoms with Crippen LogP contribution in [0.4, 0.5) is 0 Å². The van der Waals surface area contributed by atoms with E-state index in [-0.39, 0.29) is 26.2 Å². The predicted octanol–water partition coefficient (Wildman–Crippen LogP) is 8.47. The second-order valence-corrected chi connectivity index (χ2v) is 16.5. The zero-order valence-electron chi connectivity index (χ0n) is 28.4. The van der Waals surface area contributed by atoms with E-state index < -0.39 is 15.8 Å². The van der Waals surface area contributed by atoms with E-state index in [1.807, 2.05) is 50.2 Å². The third kappa shape index (κ3) is 11.1. The molecule has 0 aliphatic carbocycles. The molecule has 7 aromatic carbocycles. The molecule has 250 valence electrons. The maximum absolute atomic E-state index is 10.6. The Bertz CT molecular complexity index is 1800. The molecule has 0 N–H and O–H groups in total. The minimum atomic E-state index is -1.14. The number of aryl methyl sites for hydroxylation is 2. The van der Waals surface area contributed by atoms with Crippen LogP contribution in [0.25, 0.3) is 0 Å². The Hall–Kier alpha value is -4.40. The molecule has 4 heteroatoms. The summed E-state index contributed by atoms with van der Waals surface area (Å²) < 4.78 is 0. The van der Waals surface area contributed by atoms with Crippen molar-refractivity contribution >= 4 is 53.5 Å². The van der Waals surface area contributed by atoms with Crippen molar-refractivity contribution in [1.82, 2.24) is 0 Å². The number of ketones is 1. The average molecular weight is 779 g/mol. The van der Waals surface area contributed by atoms with Gasteiger partial charge in [-0.25, -0.2) is 0 Å². The fraction of sp³-hybridized carbons (Fsp3) is 0.0435. The van der Waals surface area contributed by atoms with Crippen molar-refractivity contribution in [3.8, 4) is 0 Å². The van der Waals surface area contributed by atoms with Crippen LogP contribution >= 0.6 is 15.8 Å². The molecule has 50 heavy (non-hydrogen) atoms. The summed E-state index contributed by atoms with van der Waals surface area (Å²) in [6, 6.07) is 71.7. The molecule has 0 aliphatic rings. The maximum Gasteiger partial charge on any atom is 2.00 e. The van der Waals surface area contributed by atoms with Gasteiger partial charge in [-0.05, 0) is 67.6 Å². The Kier molecular flexibility index (Phi) is 15.6. The van der Waals surface area contributed by atoms with E-state index in [2.05, 4.69) is 159 Å². The molecule has 0 spiro atoms. The second kappa shape index (κ2) is 20.3. The van der Waals surface area contributed by atoms with Crippen LogP contribution in [0.5, 0.6) is 0 Å². The molecule has 0 aromatic heterocycles. The maximum atomic E-state index is 10.6. The van der Waals surface area contributed by atoms with E-state index in [4.69, 9.17) is 0 Å². The van der Waals surface area contributed by atoms with E-state index in [9.17, 15) is 4.79 Å². The van der Waals surface area contributed by atoms with Crippen LogP contribution in [-0.2, 0) is 20.4 Å². The van der Waals surface area contributed by atoms with Crippen LogP contribution in [-0.4, -0.2) is 5.78 Å². The predicted molar refractivity (Wildman–Crippen MR) is 218 cm³/mol. The molecule has 0 saturated heterocycles. The van der Waals surface area contributed by atoms with Crippen molar-refractivity contribution in [2.24, 2.45) is 0 Å². The molecule has 0 amide bonds. The van der Waals surface area contributed by atoms with Gasteiger partial charge in [0.25, 0.3) is 0 Å². The van der Waals surface area contributed by atoms with Gasteiger partial charge in [0.05, 0.1) is 0 Å². The molecule has 7 aromatic rings. The van der Waals surface area contributed by atoms with Crippen LogP contribution < -0.4 is 31.8 Å². The van der Waals surface area contributed by atoms with Gasteiger partial charge in [-0.2, -0.15) is 42.8 Å². The van der Waals surface area contributed by atoms with Crippen LogP contribution in [0.15, 0.2) is 194 Å². The minimum Gasteiger partial charge on any atom is -0.332 e. The van der Waals surface area contributed by atoms with Crippen molar-refractivity contribution in [1.29, 1.82) is 0 Å². The third-order valence-corrected chi connectivity index (χ3v) is 13.8. The number of benzene rings is 7. The van der Waals surface area contributed by atoms with Crippen molar-refractivity contribution in [2.45, 2.75) is 13.8 Å². The second-order valence-electron chi connectivity index (χ2n) is 11.6. The summed E-state index contributed by atoms with van der Waals surface area (Å²) in [7, 11) is -2.28. The normalized spacial score (nSPS) is 10.2. The van der Waals surface area contributed by atoms with E-state index in [0.717, 1.165) is 5.56 Å². The van der Waals surface area contributed by atoms with Gasteiger partial charge in [-0.3, -0.25) is 0 Å². The first-order valence-corrected chi connectivity index (χ1v) is 19.4. The molecular weight excluding hydrogens is 737 g/mol. The van der Waals surface area contributed by atoms with Crippen LogP contribution in [0.1, 0.15) is 21.5 Å². The van der Waals surface area contributed by atoms with Gasteiger partial charge in [0.15, 0.2) is 0 Å². The summed E-state index contributed by atoms with van der Waals surface area (Å²) >= 11 is 0. The topological polar surface area (TPSA) is 17.1 Å². The fourth-order valence-electron chi connectivity index (χ4n) is 5.52. The molecule has 0 unspecified atom stereocenters. The molecular formula is C46H42OP2Pd+2. The standard InChI is InChI=1S/C30H24P2.C9H9O.C7H7.Pd/c1-5-15-25(16-6-1)31(26-17-7-2-8-18-26)29-23-13-14-24-30(29)32(27-19-9-3-10-20-27)28-21-11-4-12-22-28;1-7-3-5-9(6-4-7)8(2)10;1-7-5-3-2-4-6-7;/h1-24H;3-6H,2H2,1H3;2-5H,1H3;/q;2*-1;+2/p+2. The number of hydrogen-bond acceptors (Lipinski definition) is 1. The Morgan fingerprint density at radius 3 is 1.08 bits per heavy atom. The SMILES string of the molecule is Cc1[c-]cccc1.[CH2-]C(=O)c1ccc(C)cc1.[Pd+2].c1ccc([PH+](c2ccccc2)c2ccccc2[PH+](c2ccccc2)c2ccccc2)cc1. The smallest absolute Gasteiger partial charge is 0.332 e. The molecule has 0 bridgehead atoms. The Morgan fingerprint density at radius 2 is 0.800 bits per heavy atom. The number of carbonyl (C=O) groups is 1. The van der Waals surface area contributed by atoms with Gasteiger partial charge < -0.3 is 4.79 Å². The molecule has 7 rings (SSSR count). The third-order valence-electron chi connectivity index (χ3n) is 7.95. The molecule has 0 saturated carbocycles. The van der Waals surface area contributed by atoms with E-state index in [0.29, 0.717) is 5.56 Å². The van der Waals surface area contributed by atoms with Crippen molar-refractivity contribution in [3.05, 3.63) is 224 Å². The molecule has 1 nitrogen and oxygen atoms in total. The van der Waals surface area contributed by atoms with Gasteiger partial charge >= 0.3 is 20.4 Å². The Morgan fingerprint density at radius 1 is 0.460 bits per heavy atom. The number of rotatable bonds is 7. The summed E-state index contributed by atoms with van der Waals surface area (Å²) in [6.45, 7) is 7.31. The van der Waals surface area contributed by atoms with Crippen LogP contribution in [0, 0.1) is 26.8 Å². The van der Waals surface area contributed by atoms with Crippen LogP contribution in [0.3, 0.4) is 0 Å². The van der Waals surface area contributed by atoms with Gasteiger partial charge in [0, 0.05) is 5.78 Å². The summed E-state index contributed by atoms with van der Waals surface area (Å²) in [4.78, 5) is 10.6. The Balaban J connectivity index is 0.000000256. The van der Waals surface area contributed by atoms with E-state index >= 15 is 0 Å². The van der Waals surface area contributed by atoms with Crippen LogP contribution in [0.2, 0.25) is 0 Å². The number of carbonyl (C=O) groups excluding carboxylic acids is 1. The van der Waals surface area contributed by atoms with Crippen molar-refractivity contribution in [3.63, 3.8) is 0 Å². The van der Waals surface area contributed by atoms with Gasteiger partial charge in [0.2, 0.25) is 0 Å². The quantitative estimate of drug-likeness (QED) is 0.0688. The number of hydrogen-bond donors (Lipinski definition) is 0. The van der Waals surface area contributed by atoms with E-state index in [1.165, 1.54) is 37.4 Å². The largest absolute Gasteiger partial charge is 2.00 e. The minimum absolute atomic E-state index is 0. The zero-order valence-corrected chi connectivity index (χ0v) is 32.0. The number of Topliss-reactive ketones (excluding diaryl/α,β-unsaturated/α-hetero) is 1. The molecule has 0 aliphatic heterocycles. The first-order chi connectivity index (χ1) is 24.0. The fourth-order valence-corrected chi connectivity index (χ4v) is 11.5. The summed E-state index contributed by atoms with van der Waals surface area (Å²) in [5.41, 5.74) is 3.03. The van der Waals surface area contributed by atoms with Gasteiger partial charge in [-0.15, -0.1) is 17.7 Å². The zero-order chi connectivity index (χ0) is 34.3. The van der Waals surface area contributed by atoms with Gasteiger partial charge in [-0.1, -0.05) is 110 Å². The molecule has 0 radical (unpaired) electrons. The summed E-state index contributed by atoms with van der Waals surface area (Å²) in [5.74, 6) is -0.125.